The van der Waals surface area contributed by atoms with Gasteiger partial charge in [0, 0.05) is 11.9 Å². The second kappa shape index (κ2) is 8.06. The molecule has 2 aromatic heterocycles. The summed E-state index contributed by atoms with van der Waals surface area (Å²) < 4.78 is 0. The highest BCUT2D eigenvalue weighted by molar-refractivity contribution is 5.85. The largest absolute Gasteiger partial charge is 0.357 e. The van der Waals surface area contributed by atoms with Gasteiger partial charge < -0.3 is 9.97 Å². The fraction of sp³-hybridized carbons (Fsp3) is 0.550. The third-order valence-corrected chi connectivity index (χ3v) is 5.24. The molecule has 0 spiro atoms. The van der Waals surface area contributed by atoms with Gasteiger partial charge >= 0.3 is 0 Å². The zero-order valence-electron chi connectivity index (χ0n) is 15.3. The van der Waals surface area contributed by atoms with Gasteiger partial charge in [0.2, 0.25) is 0 Å². The molecule has 1 saturated carbocycles. The number of aliphatic imine (C=N–C) groups is 1. The molecular weight excluding hydrogens is 318 g/mol. The minimum atomic E-state index is 0. The van der Waals surface area contributed by atoms with Crippen LogP contribution >= 0.6 is 12.4 Å². The van der Waals surface area contributed by atoms with Crippen molar-refractivity contribution in [2.45, 2.75) is 72.3 Å². The molecule has 24 heavy (non-hydrogen) atoms. The zero-order valence-corrected chi connectivity index (χ0v) is 16.1. The number of nitrogens with one attached hydrogen (secondary N) is 2. The van der Waals surface area contributed by atoms with Gasteiger partial charge in [0.1, 0.15) is 0 Å². The third kappa shape index (κ3) is 3.94. The predicted octanol–water partition coefficient (Wildman–Crippen LogP) is 5.81. The van der Waals surface area contributed by atoms with E-state index >= 15 is 0 Å². The molecule has 0 aromatic carbocycles. The van der Waals surface area contributed by atoms with Crippen LogP contribution in [-0.2, 0) is 0 Å². The Kier molecular flexibility index (Phi) is 6.34. The summed E-state index contributed by atoms with van der Waals surface area (Å²) in [5.74, 6) is 0. The van der Waals surface area contributed by atoms with Crippen molar-refractivity contribution in [2.75, 3.05) is 0 Å². The molecule has 3 rings (SSSR count). The van der Waals surface area contributed by atoms with Gasteiger partial charge in [-0.1, -0.05) is 25.7 Å². The summed E-state index contributed by atoms with van der Waals surface area (Å²) in [5, 5.41) is 0. The summed E-state index contributed by atoms with van der Waals surface area (Å²) in [7, 11) is 0. The topological polar surface area (TPSA) is 43.9 Å². The van der Waals surface area contributed by atoms with E-state index < -0.39 is 0 Å². The summed E-state index contributed by atoms with van der Waals surface area (Å²) in [6, 6.07) is 2.71. The van der Waals surface area contributed by atoms with Crippen LogP contribution in [0.2, 0.25) is 0 Å². The number of aromatic nitrogens is 2. The van der Waals surface area contributed by atoms with Crippen molar-refractivity contribution in [3.05, 3.63) is 34.1 Å². The van der Waals surface area contributed by atoms with Crippen molar-refractivity contribution in [3.8, 4) is 11.4 Å². The van der Waals surface area contributed by atoms with Gasteiger partial charge in [0.15, 0.2) is 0 Å². The van der Waals surface area contributed by atoms with E-state index in [0.717, 1.165) is 5.69 Å². The standard InChI is InChI=1S/C20H29N3.ClH/c1-13-11-14(2)22-19(13)20-16(4)15(3)18(23-20)12-21-17-9-7-5-6-8-10-17;/h11-12,17,22-23H,5-10H2,1-4H3;1H. The van der Waals surface area contributed by atoms with E-state index in [1.807, 2.05) is 0 Å². The Balaban J connectivity index is 0.00000208. The van der Waals surface area contributed by atoms with Gasteiger partial charge in [-0.2, -0.15) is 0 Å². The monoisotopic (exact) mass is 347 g/mol. The Bertz CT molecular complexity index is 701. The highest BCUT2D eigenvalue weighted by atomic mass is 35.5. The average molecular weight is 348 g/mol. The summed E-state index contributed by atoms with van der Waals surface area (Å²) >= 11 is 0. The minimum Gasteiger partial charge on any atom is -0.357 e. The predicted molar refractivity (Wildman–Crippen MR) is 106 cm³/mol. The molecule has 2 heterocycles. The number of H-pyrrole nitrogens is 2. The van der Waals surface area contributed by atoms with Crippen LogP contribution in [0.3, 0.4) is 0 Å². The van der Waals surface area contributed by atoms with Crippen LogP contribution in [0, 0.1) is 27.7 Å². The number of hydrogen-bond donors (Lipinski definition) is 2. The van der Waals surface area contributed by atoms with Crippen LogP contribution in [-0.4, -0.2) is 22.2 Å². The summed E-state index contributed by atoms with van der Waals surface area (Å²) in [4.78, 5) is 12.0. The Morgan fingerprint density at radius 1 is 0.917 bits per heavy atom. The third-order valence-electron chi connectivity index (χ3n) is 5.24. The van der Waals surface area contributed by atoms with Crippen LogP contribution < -0.4 is 0 Å². The van der Waals surface area contributed by atoms with Crippen molar-refractivity contribution in [1.29, 1.82) is 0 Å². The lowest BCUT2D eigenvalue weighted by atomic mass is 10.1. The second-order valence-electron chi connectivity index (χ2n) is 7.10. The molecule has 2 N–H and O–H groups in total. The van der Waals surface area contributed by atoms with Crippen LogP contribution in [0.1, 0.15) is 66.6 Å². The molecule has 0 saturated heterocycles. The van der Waals surface area contributed by atoms with Gasteiger partial charge in [-0.15, -0.1) is 12.4 Å². The number of rotatable bonds is 3. The number of aromatic amines is 2. The lowest BCUT2D eigenvalue weighted by molar-refractivity contribution is 0.588. The van der Waals surface area contributed by atoms with E-state index in [-0.39, 0.29) is 12.4 Å². The molecule has 132 valence electrons. The molecule has 3 nitrogen and oxygen atoms in total. The van der Waals surface area contributed by atoms with Crippen LogP contribution in [0.25, 0.3) is 11.4 Å². The fourth-order valence-electron chi connectivity index (χ4n) is 3.67. The van der Waals surface area contributed by atoms with Crippen LogP contribution in [0.4, 0.5) is 0 Å². The van der Waals surface area contributed by atoms with Gasteiger partial charge in [-0.25, -0.2) is 0 Å². The lowest BCUT2D eigenvalue weighted by Crippen LogP contribution is -2.03. The number of nitrogens with zero attached hydrogens (tertiary/aromatic N) is 1. The SMILES string of the molecule is Cc1cc(C)c(-c2[nH]c(C=NC3CCCCCC3)c(C)c2C)[nH]1.Cl. The van der Waals surface area contributed by atoms with E-state index in [0.29, 0.717) is 6.04 Å². The summed E-state index contributed by atoms with van der Waals surface area (Å²) in [5.41, 5.74) is 8.69. The van der Waals surface area contributed by atoms with Gasteiger partial charge in [0.25, 0.3) is 0 Å². The van der Waals surface area contributed by atoms with Gasteiger partial charge in [-0.3, -0.25) is 4.99 Å². The summed E-state index contributed by atoms with van der Waals surface area (Å²) in [6.07, 6.45) is 9.99. The molecular formula is C20H30ClN3. The van der Waals surface area contributed by atoms with E-state index in [1.165, 1.54) is 72.3 Å². The van der Waals surface area contributed by atoms with Crippen LogP contribution in [0.15, 0.2) is 11.1 Å². The zero-order chi connectivity index (χ0) is 16.4. The van der Waals surface area contributed by atoms with Crippen LogP contribution in [0.5, 0.6) is 0 Å². The number of halogens is 1. The van der Waals surface area contributed by atoms with E-state index in [1.54, 1.807) is 0 Å². The molecule has 0 amide bonds. The van der Waals surface area contributed by atoms with E-state index in [9.17, 15) is 0 Å². The quantitative estimate of drug-likeness (QED) is 0.520. The molecule has 0 bridgehead atoms. The normalized spacial score (nSPS) is 16.3. The maximum atomic E-state index is 4.88. The van der Waals surface area contributed by atoms with Gasteiger partial charge in [0.05, 0.1) is 23.1 Å². The molecule has 0 radical (unpaired) electrons. The van der Waals surface area contributed by atoms with Crippen molar-refractivity contribution in [1.82, 2.24) is 9.97 Å². The highest BCUT2D eigenvalue weighted by Gasteiger charge is 2.15. The summed E-state index contributed by atoms with van der Waals surface area (Å²) in [6.45, 7) is 8.65. The Morgan fingerprint density at radius 3 is 2.17 bits per heavy atom. The van der Waals surface area contributed by atoms with Crippen molar-refractivity contribution < 1.29 is 0 Å². The fourth-order valence-corrected chi connectivity index (χ4v) is 3.67. The molecule has 0 atom stereocenters. The molecule has 0 aliphatic heterocycles. The first-order valence-electron chi connectivity index (χ1n) is 8.95. The highest BCUT2D eigenvalue weighted by Crippen LogP contribution is 2.29. The Morgan fingerprint density at radius 2 is 1.58 bits per heavy atom. The Hall–Kier alpha value is -1.48. The molecule has 1 aliphatic rings. The maximum absolute atomic E-state index is 4.88. The number of hydrogen-bond acceptors (Lipinski definition) is 1. The Labute approximate surface area is 151 Å². The smallest absolute Gasteiger partial charge is 0.0659 e. The average Bonchev–Trinajstić information content (AvgIpc) is 2.86. The molecule has 4 heteroatoms. The van der Waals surface area contributed by atoms with Crippen molar-refractivity contribution in [2.24, 2.45) is 4.99 Å². The number of aryl methyl sites for hydroxylation is 2. The second-order valence-corrected chi connectivity index (χ2v) is 7.10. The first-order valence-corrected chi connectivity index (χ1v) is 8.95. The first kappa shape index (κ1) is 18.9. The van der Waals surface area contributed by atoms with E-state index in [2.05, 4.69) is 49.9 Å². The molecule has 0 unspecified atom stereocenters. The molecule has 1 fully saturated rings. The lowest BCUT2D eigenvalue weighted by Gasteiger charge is -2.07. The van der Waals surface area contributed by atoms with E-state index in [4.69, 9.17) is 4.99 Å². The van der Waals surface area contributed by atoms with Crippen molar-refractivity contribution >= 4 is 18.6 Å². The molecule has 2 aromatic rings. The van der Waals surface area contributed by atoms with Gasteiger partial charge in [-0.05, 0) is 63.3 Å². The van der Waals surface area contributed by atoms with Crippen molar-refractivity contribution in [3.63, 3.8) is 0 Å². The maximum Gasteiger partial charge on any atom is 0.0659 e. The minimum absolute atomic E-state index is 0. The first-order chi connectivity index (χ1) is 11.1. The molecule has 1 aliphatic carbocycles.